The van der Waals surface area contributed by atoms with Crippen LogP contribution in [0.15, 0.2) is 18.2 Å². The first-order valence-electron chi connectivity index (χ1n) is 6.56. The van der Waals surface area contributed by atoms with Gasteiger partial charge in [-0.25, -0.2) is 0 Å². The van der Waals surface area contributed by atoms with Crippen molar-refractivity contribution in [1.29, 1.82) is 0 Å². The number of piperidine rings is 1. The Bertz CT molecular complexity index is 387. The molecule has 0 spiro atoms. The van der Waals surface area contributed by atoms with Gasteiger partial charge in [0.05, 0.1) is 0 Å². The number of hydrogen-bond acceptors (Lipinski definition) is 1. The molecule has 1 heterocycles. The van der Waals surface area contributed by atoms with Crippen molar-refractivity contribution < 1.29 is 0 Å². The molecule has 1 nitrogen and oxygen atoms in total. The van der Waals surface area contributed by atoms with E-state index < -0.39 is 0 Å². The molecule has 17 heavy (non-hydrogen) atoms. The van der Waals surface area contributed by atoms with Crippen molar-refractivity contribution in [1.82, 2.24) is 5.32 Å². The molecule has 0 amide bonds. The van der Waals surface area contributed by atoms with E-state index in [0.717, 1.165) is 24.0 Å². The highest BCUT2D eigenvalue weighted by Gasteiger charge is 2.28. The Morgan fingerprint density at radius 1 is 1.35 bits per heavy atom. The third-order valence-corrected chi connectivity index (χ3v) is 4.42. The van der Waals surface area contributed by atoms with Crippen molar-refractivity contribution in [3.8, 4) is 0 Å². The van der Waals surface area contributed by atoms with Crippen LogP contribution in [-0.4, -0.2) is 13.1 Å². The van der Waals surface area contributed by atoms with Crippen LogP contribution in [0.1, 0.15) is 37.3 Å². The molecule has 1 saturated heterocycles. The molecule has 0 aliphatic carbocycles. The zero-order chi connectivity index (χ0) is 12.4. The van der Waals surface area contributed by atoms with E-state index in [1.54, 1.807) is 0 Å². The van der Waals surface area contributed by atoms with Gasteiger partial charge in [-0.1, -0.05) is 37.6 Å². The van der Waals surface area contributed by atoms with Crippen LogP contribution in [0.3, 0.4) is 0 Å². The molecule has 0 bridgehead atoms. The van der Waals surface area contributed by atoms with Crippen molar-refractivity contribution in [3.05, 3.63) is 34.3 Å². The van der Waals surface area contributed by atoms with Gasteiger partial charge in [0.15, 0.2) is 0 Å². The average molecular weight is 252 g/mol. The van der Waals surface area contributed by atoms with E-state index in [9.17, 15) is 0 Å². The second-order valence-corrected chi connectivity index (χ2v) is 5.92. The lowest BCUT2D eigenvalue weighted by Crippen LogP contribution is -2.38. The molecular formula is C15H22ClN. The highest BCUT2D eigenvalue weighted by atomic mass is 35.5. The van der Waals surface area contributed by atoms with Crippen molar-refractivity contribution in [2.24, 2.45) is 11.8 Å². The number of benzene rings is 1. The summed E-state index contributed by atoms with van der Waals surface area (Å²) in [6.45, 7) is 8.96. The fourth-order valence-corrected chi connectivity index (χ4v) is 3.03. The summed E-state index contributed by atoms with van der Waals surface area (Å²) in [5.41, 5.74) is 2.59. The third kappa shape index (κ3) is 2.83. The van der Waals surface area contributed by atoms with Gasteiger partial charge in [0.1, 0.15) is 0 Å². The highest BCUT2D eigenvalue weighted by molar-refractivity contribution is 6.31. The standard InChI is InChI=1S/C15H22ClN/c1-10(2)14-9-17-7-6-13(14)12-5-4-11(3)15(16)8-12/h4-5,8,10,13-14,17H,6-7,9H2,1-3H3. The fraction of sp³-hybridized carbons (Fsp3) is 0.600. The zero-order valence-corrected chi connectivity index (χ0v) is 11.7. The SMILES string of the molecule is Cc1ccc(C2CCNCC2C(C)C)cc1Cl. The number of nitrogens with one attached hydrogen (secondary N) is 1. The zero-order valence-electron chi connectivity index (χ0n) is 11.0. The Labute approximate surface area is 110 Å². The second kappa shape index (κ2) is 5.41. The summed E-state index contributed by atoms with van der Waals surface area (Å²) in [7, 11) is 0. The summed E-state index contributed by atoms with van der Waals surface area (Å²) in [6, 6.07) is 6.58. The van der Waals surface area contributed by atoms with Gasteiger partial charge in [0.25, 0.3) is 0 Å². The molecule has 0 aromatic heterocycles. The number of hydrogen-bond donors (Lipinski definition) is 1. The minimum Gasteiger partial charge on any atom is -0.316 e. The van der Waals surface area contributed by atoms with Crippen LogP contribution in [0.25, 0.3) is 0 Å². The van der Waals surface area contributed by atoms with Gasteiger partial charge in [-0.15, -0.1) is 0 Å². The van der Waals surface area contributed by atoms with E-state index in [2.05, 4.69) is 44.3 Å². The summed E-state index contributed by atoms with van der Waals surface area (Å²) in [4.78, 5) is 0. The predicted molar refractivity (Wildman–Crippen MR) is 74.7 cm³/mol. The van der Waals surface area contributed by atoms with Crippen LogP contribution >= 0.6 is 11.6 Å². The lowest BCUT2D eigenvalue weighted by atomic mass is 9.75. The molecule has 94 valence electrons. The summed E-state index contributed by atoms with van der Waals surface area (Å²) in [5.74, 6) is 2.10. The summed E-state index contributed by atoms with van der Waals surface area (Å²) < 4.78 is 0. The molecule has 2 unspecified atom stereocenters. The molecule has 2 heteroatoms. The maximum atomic E-state index is 6.24. The Balaban J connectivity index is 2.26. The quantitative estimate of drug-likeness (QED) is 0.838. The van der Waals surface area contributed by atoms with E-state index in [-0.39, 0.29) is 0 Å². The van der Waals surface area contributed by atoms with E-state index in [1.807, 2.05) is 0 Å². The normalized spacial score (nSPS) is 25.2. The average Bonchev–Trinajstić information content (AvgIpc) is 2.32. The maximum absolute atomic E-state index is 6.24. The van der Waals surface area contributed by atoms with E-state index in [0.29, 0.717) is 11.8 Å². The lowest BCUT2D eigenvalue weighted by molar-refractivity contribution is 0.255. The predicted octanol–water partition coefficient (Wildman–Crippen LogP) is 4.00. The molecule has 0 radical (unpaired) electrons. The largest absolute Gasteiger partial charge is 0.316 e. The molecule has 0 saturated carbocycles. The number of aryl methyl sites for hydroxylation is 1. The van der Waals surface area contributed by atoms with Gasteiger partial charge in [0.2, 0.25) is 0 Å². The van der Waals surface area contributed by atoms with Gasteiger partial charge in [-0.2, -0.15) is 0 Å². The summed E-state index contributed by atoms with van der Waals surface area (Å²) >= 11 is 6.24. The van der Waals surface area contributed by atoms with E-state index in [4.69, 9.17) is 11.6 Å². The monoisotopic (exact) mass is 251 g/mol. The Morgan fingerprint density at radius 2 is 2.12 bits per heavy atom. The Hall–Kier alpha value is -0.530. The van der Waals surface area contributed by atoms with Gasteiger partial charge in [-0.05, 0) is 61.4 Å². The minimum atomic E-state index is 0.661. The molecule has 1 aromatic rings. The van der Waals surface area contributed by atoms with Crippen molar-refractivity contribution in [2.45, 2.75) is 33.1 Å². The maximum Gasteiger partial charge on any atom is 0.0438 e. The first-order chi connectivity index (χ1) is 8.09. The van der Waals surface area contributed by atoms with Crippen LogP contribution < -0.4 is 5.32 Å². The molecule has 1 aliphatic heterocycles. The van der Waals surface area contributed by atoms with Crippen molar-refractivity contribution in [2.75, 3.05) is 13.1 Å². The first-order valence-corrected chi connectivity index (χ1v) is 6.94. The van der Waals surface area contributed by atoms with E-state index in [1.165, 1.54) is 17.5 Å². The second-order valence-electron chi connectivity index (χ2n) is 5.52. The lowest BCUT2D eigenvalue weighted by Gasteiger charge is -2.35. The van der Waals surface area contributed by atoms with E-state index >= 15 is 0 Å². The van der Waals surface area contributed by atoms with Gasteiger partial charge in [-0.3, -0.25) is 0 Å². The molecular weight excluding hydrogens is 230 g/mol. The molecule has 1 aromatic carbocycles. The minimum absolute atomic E-state index is 0.661. The van der Waals surface area contributed by atoms with Crippen LogP contribution in [0, 0.1) is 18.8 Å². The smallest absolute Gasteiger partial charge is 0.0438 e. The molecule has 2 rings (SSSR count). The Kier molecular flexibility index (Phi) is 4.11. The molecule has 1 N–H and O–H groups in total. The molecule has 1 fully saturated rings. The number of halogens is 1. The van der Waals surface area contributed by atoms with Crippen molar-refractivity contribution >= 4 is 11.6 Å². The van der Waals surface area contributed by atoms with Gasteiger partial charge < -0.3 is 5.32 Å². The topological polar surface area (TPSA) is 12.0 Å². The highest BCUT2D eigenvalue weighted by Crippen LogP contribution is 2.36. The van der Waals surface area contributed by atoms with Crippen LogP contribution in [0.2, 0.25) is 5.02 Å². The van der Waals surface area contributed by atoms with Gasteiger partial charge in [0, 0.05) is 5.02 Å². The van der Waals surface area contributed by atoms with Crippen LogP contribution in [-0.2, 0) is 0 Å². The Morgan fingerprint density at radius 3 is 2.76 bits per heavy atom. The summed E-state index contributed by atoms with van der Waals surface area (Å²) in [6.07, 6.45) is 1.22. The van der Waals surface area contributed by atoms with Crippen LogP contribution in [0.4, 0.5) is 0 Å². The third-order valence-electron chi connectivity index (χ3n) is 4.01. The van der Waals surface area contributed by atoms with Crippen LogP contribution in [0.5, 0.6) is 0 Å². The van der Waals surface area contributed by atoms with Crippen molar-refractivity contribution in [3.63, 3.8) is 0 Å². The number of rotatable bonds is 2. The fourth-order valence-electron chi connectivity index (χ4n) is 2.84. The first kappa shape index (κ1) is 12.9. The molecule has 2 atom stereocenters. The summed E-state index contributed by atoms with van der Waals surface area (Å²) in [5, 5.41) is 4.41. The van der Waals surface area contributed by atoms with Gasteiger partial charge >= 0.3 is 0 Å². The molecule has 1 aliphatic rings.